The Labute approximate surface area is 218 Å². The van der Waals surface area contributed by atoms with Crippen molar-refractivity contribution in [1.29, 1.82) is 0 Å². The lowest BCUT2D eigenvalue weighted by Gasteiger charge is -2.37. The molecule has 0 spiro atoms. The summed E-state index contributed by atoms with van der Waals surface area (Å²) in [5.74, 6) is -2.54. The van der Waals surface area contributed by atoms with Gasteiger partial charge in [-0.3, -0.25) is 24.5 Å². The van der Waals surface area contributed by atoms with Gasteiger partial charge in [-0.05, 0) is 30.6 Å². The molecule has 0 aliphatic rings. The molecule has 0 aromatic carbocycles. The zero-order chi connectivity index (χ0) is 28.5. The number of hydrogen-bond donors (Lipinski definition) is 2. The predicted octanol–water partition coefficient (Wildman–Crippen LogP) is 3.32. The lowest BCUT2D eigenvalue weighted by molar-refractivity contribution is -0.145. The van der Waals surface area contributed by atoms with Gasteiger partial charge in [0.25, 0.3) is 0 Å². The zero-order valence-corrected chi connectivity index (χ0v) is 24.5. The van der Waals surface area contributed by atoms with Gasteiger partial charge in [-0.1, -0.05) is 62.3 Å². The first-order valence-electron chi connectivity index (χ1n) is 13.1. The molecular weight excluding hydrogens is 460 g/mol. The van der Waals surface area contributed by atoms with E-state index in [0.29, 0.717) is 12.8 Å². The second-order valence-electron chi connectivity index (χ2n) is 11.4. The Bertz CT molecular complexity index is 778. The normalized spacial score (nSPS) is 14.9. The van der Waals surface area contributed by atoms with Gasteiger partial charge in [-0.2, -0.15) is 0 Å². The van der Waals surface area contributed by atoms with Crippen LogP contribution in [0.25, 0.3) is 0 Å². The maximum Gasteiger partial charge on any atom is 0.324 e. The second kappa shape index (κ2) is 15.0. The highest BCUT2D eigenvalue weighted by Gasteiger charge is 2.40. The lowest BCUT2D eigenvalue weighted by Crippen LogP contribution is -2.57. The van der Waals surface area contributed by atoms with Crippen LogP contribution in [0.15, 0.2) is 0 Å². The molecule has 0 rings (SSSR count). The minimum atomic E-state index is -0.854. The van der Waals surface area contributed by atoms with Crippen LogP contribution >= 0.6 is 0 Å². The summed E-state index contributed by atoms with van der Waals surface area (Å²) in [6.45, 7) is 16.8. The van der Waals surface area contributed by atoms with Gasteiger partial charge < -0.3 is 15.1 Å². The lowest BCUT2D eigenvalue weighted by atomic mass is 9.78. The van der Waals surface area contributed by atoms with Crippen LogP contribution in [0.2, 0.25) is 0 Å². The van der Waals surface area contributed by atoms with Gasteiger partial charge in [0.1, 0.15) is 6.04 Å². The second-order valence-corrected chi connectivity index (χ2v) is 11.4. The number of nitrogens with zero attached hydrogens (tertiary/aromatic N) is 2. The Hall–Kier alpha value is -2.45. The van der Waals surface area contributed by atoms with Gasteiger partial charge >= 0.3 is 6.03 Å². The molecule has 0 aromatic rings. The predicted molar refractivity (Wildman–Crippen MR) is 142 cm³/mol. The first kappa shape index (κ1) is 33.5. The van der Waals surface area contributed by atoms with Crippen LogP contribution in [-0.2, 0) is 19.2 Å². The summed E-state index contributed by atoms with van der Waals surface area (Å²) >= 11 is 0. The van der Waals surface area contributed by atoms with E-state index in [1.54, 1.807) is 34.9 Å². The largest absolute Gasteiger partial charge is 0.359 e. The molecule has 0 saturated heterocycles. The van der Waals surface area contributed by atoms with E-state index >= 15 is 0 Å². The highest BCUT2D eigenvalue weighted by molar-refractivity contribution is 5.98. The molecule has 36 heavy (non-hydrogen) atoms. The van der Waals surface area contributed by atoms with Crippen molar-refractivity contribution in [3.63, 3.8) is 0 Å². The van der Waals surface area contributed by atoms with Crippen LogP contribution in [0.3, 0.4) is 0 Å². The Morgan fingerprint density at radius 1 is 0.694 bits per heavy atom. The van der Waals surface area contributed by atoms with Gasteiger partial charge in [0.15, 0.2) is 5.78 Å². The fourth-order valence-corrected chi connectivity index (χ4v) is 4.41. The average Bonchev–Trinajstić information content (AvgIpc) is 2.78. The number of amides is 5. The van der Waals surface area contributed by atoms with Crippen LogP contribution in [0.1, 0.15) is 75.2 Å². The van der Waals surface area contributed by atoms with Crippen LogP contribution in [0.4, 0.5) is 4.79 Å². The van der Waals surface area contributed by atoms with Gasteiger partial charge in [0.2, 0.25) is 17.7 Å². The number of Topliss-reactive ketones (excluding diaryl/α,β-unsaturated/α-hetero) is 1. The number of imide groups is 1. The monoisotopic (exact) mass is 510 g/mol. The van der Waals surface area contributed by atoms with Crippen molar-refractivity contribution in [3.05, 3.63) is 0 Å². The molecule has 4 atom stereocenters. The molecule has 9 heteroatoms. The number of nitrogens with one attached hydrogen (secondary N) is 2. The summed E-state index contributed by atoms with van der Waals surface area (Å²) < 4.78 is 0. The minimum absolute atomic E-state index is 0.0633. The quantitative estimate of drug-likeness (QED) is 0.394. The molecule has 5 amide bonds. The molecule has 0 aromatic heterocycles. The molecule has 0 saturated carbocycles. The van der Waals surface area contributed by atoms with E-state index in [0.717, 1.165) is 0 Å². The SMILES string of the molecule is CNC(=O)C(C(C)C)C(C)C(=O)C(CC(C)C)N(C)C(=O)C(CC(C)C)N(C)C(=O)NC(=O)C(C)C. The van der Waals surface area contributed by atoms with E-state index in [4.69, 9.17) is 0 Å². The van der Waals surface area contributed by atoms with E-state index in [2.05, 4.69) is 10.6 Å². The van der Waals surface area contributed by atoms with E-state index < -0.39 is 35.9 Å². The molecule has 0 aliphatic carbocycles. The molecule has 0 bridgehead atoms. The Balaban J connectivity index is 6.16. The summed E-state index contributed by atoms with van der Waals surface area (Å²) in [4.78, 5) is 67.6. The fraction of sp³-hybridized carbons (Fsp3) is 0.815. The summed E-state index contributed by atoms with van der Waals surface area (Å²) in [6.07, 6.45) is 0.800. The van der Waals surface area contributed by atoms with Crippen molar-refractivity contribution < 1.29 is 24.0 Å². The van der Waals surface area contributed by atoms with Gasteiger partial charge in [0.05, 0.1) is 6.04 Å². The summed E-state index contributed by atoms with van der Waals surface area (Å²) in [5, 5.41) is 5.00. The van der Waals surface area contributed by atoms with Crippen molar-refractivity contribution in [1.82, 2.24) is 20.4 Å². The average molecular weight is 511 g/mol. The first-order chi connectivity index (χ1) is 16.5. The van der Waals surface area contributed by atoms with Crippen LogP contribution in [-0.4, -0.2) is 72.6 Å². The molecule has 0 aliphatic heterocycles. The number of carbonyl (C=O) groups is 5. The molecule has 208 valence electrons. The number of ketones is 1. The highest BCUT2D eigenvalue weighted by Crippen LogP contribution is 2.27. The molecule has 0 radical (unpaired) electrons. The van der Waals surface area contributed by atoms with Crippen LogP contribution < -0.4 is 10.6 Å². The smallest absolute Gasteiger partial charge is 0.324 e. The number of carbonyl (C=O) groups excluding carboxylic acids is 5. The van der Waals surface area contributed by atoms with Gasteiger partial charge in [-0.25, -0.2) is 4.79 Å². The number of rotatable bonds is 13. The third-order valence-corrected chi connectivity index (χ3v) is 6.62. The van der Waals surface area contributed by atoms with E-state index in [1.807, 2.05) is 41.5 Å². The summed E-state index contributed by atoms with van der Waals surface area (Å²) in [7, 11) is 4.63. The van der Waals surface area contributed by atoms with Crippen LogP contribution in [0, 0.1) is 35.5 Å². The van der Waals surface area contributed by atoms with Crippen molar-refractivity contribution in [2.75, 3.05) is 21.1 Å². The maximum absolute atomic E-state index is 13.8. The van der Waals surface area contributed by atoms with Gasteiger partial charge in [-0.15, -0.1) is 0 Å². The Morgan fingerprint density at radius 3 is 1.56 bits per heavy atom. The molecule has 0 fully saturated rings. The zero-order valence-electron chi connectivity index (χ0n) is 24.5. The Morgan fingerprint density at radius 2 is 1.17 bits per heavy atom. The molecule has 9 nitrogen and oxygen atoms in total. The Kier molecular flexibility index (Phi) is 13.9. The van der Waals surface area contributed by atoms with Crippen LogP contribution in [0.5, 0.6) is 0 Å². The van der Waals surface area contributed by atoms with Gasteiger partial charge in [0, 0.05) is 38.9 Å². The van der Waals surface area contributed by atoms with E-state index in [1.165, 1.54) is 16.8 Å². The number of urea groups is 1. The fourth-order valence-electron chi connectivity index (χ4n) is 4.41. The molecule has 2 N–H and O–H groups in total. The number of hydrogen-bond acceptors (Lipinski definition) is 5. The third-order valence-electron chi connectivity index (χ3n) is 6.62. The molecule has 0 heterocycles. The topological polar surface area (TPSA) is 116 Å². The third kappa shape index (κ3) is 9.54. The maximum atomic E-state index is 13.8. The van der Waals surface area contributed by atoms with Crippen molar-refractivity contribution >= 4 is 29.5 Å². The molecular formula is C27H50N4O5. The highest BCUT2D eigenvalue weighted by atomic mass is 16.2. The van der Waals surface area contributed by atoms with Crippen molar-refractivity contribution in [2.24, 2.45) is 35.5 Å². The standard InChI is InChI=1S/C27H50N4O5/c1-15(2)13-20(23(32)19(9)22(17(5)6)25(34)28-10)30(11)26(35)21(14-16(3)4)31(12)27(36)29-24(33)18(7)8/h15-22H,13-14H2,1-12H3,(H,28,34)(H,29,33,36). The summed E-state index contributed by atoms with van der Waals surface area (Å²) in [5.41, 5.74) is 0. The first-order valence-corrected chi connectivity index (χ1v) is 13.1. The minimum Gasteiger partial charge on any atom is -0.359 e. The molecule has 4 unspecified atom stereocenters. The van der Waals surface area contributed by atoms with Crippen molar-refractivity contribution in [3.8, 4) is 0 Å². The summed E-state index contributed by atoms with van der Waals surface area (Å²) in [6, 6.07) is -2.25. The van der Waals surface area contributed by atoms with E-state index in [9.17, 15) is 24.0 Å². The number of likely N-dealkylation sites (N-methyl/N-ethyl adjacent to an activating group) is 2. The van der Waals surface area contributed by atoms with Crippen molar-refractivity contribution in [2.45, 2.75) is 87.2 Å². The van der Waals surface area contributed by atoms with E-state index in [-0.39, 0.29) is 41.3 Å².